The summed E-state index contributed by atoms with van der Waals surface area (Å²) in [6.07, 6.45) is 1.96. The van der Waals surface area contributed by atoms with Gasteiger partial charge in [-0.05, 0) is 20.3 Å². The standard InChI is InChI=1S/C17H25N5O5/c1-4-5-10(23)24-6-9-12-13(27-17(2,3)26-12)16(25-9)22-8-21-11-14(18)19-7-20-15(11)22/h7-10,12-13,16,23H,4-6H2,1-3H3,(H2,18,19,20)/t9-,10?,12-,13-,16-/m1/s1. The molecule has 4 heterocycles. The van der Waals surface area contributed by atoms with Crippen molar-refractivity contribution in [1.29, 1.82) is 0 Å². The van der Waals surface area contributed by atoms with E-state index in [9.17, 15) is 5.11 Å². The molecule has 3 N–H and O–H groups in total. The number of rotatable bonds is 6. The second kappa shape index (κ2) is 6.95. The Balaban J connectivity index is 1.60. The summed E-state index contributed by atoms with van der Waals surface area (Å²) in [4.78, 5) is 12.5. The van der Waals surface area contributed by atoms with Crippen LogP contribution in [0.25, 0.3) is 11.2 Å². The molecule has 0 bridgehead atoms. The van der Waals surface area contributed by atoms with Crippen LogP contribution >= 0.6 is 0 Å². The Kier molecular flexibility index (Phi) is 4.77. The third kappa shape index (κ3) is 3.39. The number of nitrogen functional groups attached to an aromatic ring is 1. The normalized spacial score (nSPS) is 30.7. The zero-order chi connectivity index (χ0) is 19.2. The van der Waals surface area contributed by atoms with E-state index in [0.717, 1.165) is 6.42 Å². The second-order valence-electron chi connectivity index (χ2n) is 7.29. The van der Waals surface area contributed by atoms with E-state index in [4.69, 9.17) is 24.7 Å². The van der Waals surface area contributed by atoms with Crippen LogP contribution in [-0.4, -0.2) is 61.6 Å². The molecule has 2 aliphatic rings. The highest BCUT2D eigenvalue weighted by atomic mass is 16.8. The average molecular weight is 379 g/mol. The van der Waals surface area contributed by atoms with Crippen LogP contribution in [0, 0.1) is 0 Å². The maximum atomic E-state index is 9.88. The average Bonchev–Trinajstić information content (AvgIpc) is 3.25. The third-order valence-corrected chi connectivity index (χ3v) is 4.78. The first-order chi connectivity index (χ1) is 12.9. The van der Waals surface area contributed by atoms with Crippen LogP contribution in [0.2, 0.25) is 0 Å². The molecule has 0 spiro atoms. The molecule has 148 valence electrons. The van der Waals surface area contributed by atoms with Gasteiger partial charge in [-0.1, -0.05) is 13.3 Å². The van der Waals surface area contributed by atoms with E-state index < -0.39 is 24.4 Å². The SMILES string of the molecule is CCCC(O)OC[C@H]1O[C@@H](n2cnc3c(N)ncnc32)[C@@H]2OC(C)(C)O[C@@H]21. The van der Waals surface area contributed by atoms with Gasteiger partial charge in [-0.2, -0.15) is 0 Å². The van der Waals surface area contributed by atoms with Crippen LogP contribution in [0.15, 0.2) is 12.7 Å². The van der Waals surface area contributed by atoms with Crippen molar-refractivity contribution in [3.05, 3.63) is 12.7 Å². The van der Waals surface area contributed by atoms with Gasteiger partial charge >= 0.3 is 0 Å². The Hall–Kier alpha value is -1.85. The van der Waals surface area contributed by atoms with Gasteiger partial charge in [0, 0.05) is 0 Å². The lowest BCUT2D eigenvalue weighted by Gasteiger charge is -2.25. The van der Waals surface area contributed by atoms with Crippen molar-refractivity contribution in [3.8, 4) is 0 Å². The van der Waals surface area contributed by atoms with Crippen LogP contribution < -0.4 is 5.73 Å². The summed E-state index contributed by atoms with van der Waals surface area (Å²) in [5, 5.41) is 9.88. The Morgan fingerprint density at radius 1 is 1.30 bits per heavy atom. The molecule has 2 aliphatic heterocycles. The number of aliphatic hydroxyl groups excluding tert-OH is 1. The lowest BCUT2D eigenvalue weighted by atomic mass is 10.1. The van der Waals surface area contributed by atoms with Crippen LogP contribution in [0.4, 0.5) is 5.82 Å². The molecule has 5 atom stereocenters. The Morgan fingerprint density at radius 3 is 2.85 bits per heavy atom. The van der Waals surface area contributed by atoms with Gasteiger partial charge in [0.1, 0.15) is 30.2 Å². The van der Waals surface area contributed by atoms with E-state index in [1.807, 2.05) is 20.8 Å². The lowest BCUT2D eigenvalue weighted by Crippen LogP contribution is -2.34. The number of aromatic nitrogens is 4. The molecule has 2 saturated heterocycles. The number of imidazole rings is 1. The van der Waals surface area contributed by atoms with Crippen molar-refractivity contribution >= 4 is 17.0 Å². The smallest absolute Gasteiger partial charge is 0.167 e. The molecule has 2 aromatic rings. The molecule has 2 aromatic heterocycles. The summed E-state index contributed by atoms with van der Waals surface area (Å²) in [7, 11) is 0. The molecule has 27 heavy (non-hydrogen) atoms. The summed E-state index contributed by atoms with van der Waals surface area (Å²) in [6, 6.07) is 0. The number of hydrogen-bond acceptors (Lipinski definition) is 9. The van der Waals surface area contributed by atoms with E-state index >= 15 is 0 Å². The first kappa shape index (κ1) is 18.5. The van der Waals surface area contributed by atoms with Crippen LogP contribution in [0.3, 0.4) is 0 Å². The maximum Gasteiger partial charge on any atom is 0.167 e. The molecule has 0 amide bonds. The molecule has 0 aliphatic carbocycles. The van der Waals surface area contributed by atoms with Gasteiger partial charge in [0.25, 0.3) is 0 Å². The number of aliphatic hydroxyl groups is 1. The topological polar surface area (TPSA) is 127 Å². The fourth-order valence-corrected chi connectivity index (χ4v) is 3.61. The molecular formula is C17H25N5O5. The second-order valence-corrected chi connectivity index (χ2v) is 7.29. The van der Waals surface area contributed by atoms with Crippen molar-refractivity contribution in [2.45, 2.75) is 70.2 Å². The maximum absolute atomic E-state index is 9.88. The first-order valence-electron chi connectivity index (χ1n) is 9.13. The molecule has 4 rings (SSSR count). The van der Waals surface area contributed by atoms with Gasteiger partial charge in [-0.3, -0.25) is 4.57 Å². The highest BCUT2D eigenvalue weighted by Gasteiger charge is 2.56. The largest absolute Gasteiger partial charge is 0.382 e. The highest BCUT2D eigenvalue weighted by Crippen LogP contribution is 2.43. The van der Waals surface area contributed by atoms with Crippen molar-refractivity contribution in [1.82, 2.24) is 19.5 Å². The number of nitrogens with zero attached hydrogens (tertiary/aromatic N) is 4. The first-order valence-corrected chi connectivity index (χ1v) is 9.13. The van der Waals surface area contributed by atoms with Crippen molar-refractivity contribution < 1.29 is 24.1 Å². The summed E-state index contributed by atoms with van der Waals surface area (Å²) in [6.45, 7) is 5.90. The fraction of sp³-hybridized carbons (Fsp3) is 0.706. The van der Waals surface area contributed by atoms with E-state index in [1.54, 1.807) is 10.9 Å². The Bertz CT molecular complexity index is 812. The molecular weight excluding hydrogens is 354 g/mol. The number of anilines is 1. The molecule has 10 nitrogen and oxygen atoms in total. The van der Waals surface area contributed by atoms with E-state index in [1.165, 1.54) is 6.33 Å². The summed E-state index contributed by atoms with van der Waals surface area (Å²) in [5.74, 6) is -0.443. The fourth-order valence-electron chi connectivity index (χ4n) is 3.61. The van der Waals surface area contributed by atoms with Crippen LogP contribution in [0.1, 0.15) is 39.8 Å². The minimum absolute atomic E-state index is 0.196. The van der Waals surface area contributed by atoms with E-state index in [0.29, 0.717) is 23.4 Å². The zero-order valence-corrected chi connectivity index (χ0v) is 15.6. The highest BCUT2D eigenvalue weighted by molar-refractivity contribution is 5.81. The predicted octanol–water partition coefficient (Wildman–Crippen LogP) is 0.961. The number of hydrogen-bond donors (Lipinski definition) is 2. The quantitative estimate of drug-likeness (QED) is 0.705. The predicted molar refractivity (Wildman–Crippen MR) is 94.3 cm³/mol. The minimum Gasteiger partial charge on any atom is -0.382 e. The Labute approximate surface area is 156 Å². The van der Waals surface area contributed by atoms with Crippen molar-refractivity contribution in [3.63, 3.8) is 0 Å². The number of ether oxygens (including phenoxy) is 4. The zero-order valence-electron chi connectivity index (χ0n) is 15.6. The molecule has 1 unspecified atom stereocenters. The number of fused-ring (bicyclic) bond motifs is 2. The summed E-state index contributed by atoms with van der Waals surface area (Å²) >= 11 is 0. The monoisotopic (exact) mass is 379 g/mol. The van der Waals surface area contributed by atoms with Gasteiger partial charge in [0.05, 0.1) is 12.9 Å². The molecule has 0 aromatic carbocycles. The van der Waals surface area contributed by atoms with Gasteiger partial charge in [-0.15, -0.1) is 0 Å². The number of nitrogens with two attached hydrogens (primary N) is 1. The van der Waals surface area contributed by atoms with Gasteiger partial charge in [-0.25, -0.2) is 15.0 Å². The van der Waals surface area contributed by atoms with Crippen LogP contribution in [0.5, 0.6) is 0 Å². The van der Waals surface area contributed by atoms with Gasteiger partial charge in [0.15, 0.2) is 29.8 Å². The Morgan fingerprint density at radius 2 is 2.07 bits per heavy atom. The van der Waals surface area contributed by atoms with Gasteiger partial charge in [0.2, 0.25) is 0 Å². The third-order valence-electron chi connectivity index (χ3n) is 4.78. The molecule has 10 heteroatoms. The van der Waals surface area contributed by atoms with Crippen molar-refractivity contribution in [2.24, 2.45) is 0 Å². The molecule has 0 radical (unpaired) electrons. The lowest BCUT2D eigenvalue weighted by molar-refractivity contribution is -0.210. The summed E-state index contributed by atoms with van der Waals surface area (Å²) in [5.41, 5.74) is 6.95. The molecule has 0 saturated carbocycles. The van der Waals surface area contributed by atoms with Gasteiger partial charge < -0.3 is 29.8 Å². The van der Waals surface area contributed by atoms with E-state index in [2.05, 4.69) is 15.0 Å². The van der Waals surface area contributed by atoms with Crippen LogP contribution in [-0.2, 0) is 18.9 Å². The molecule has 2 fully saturated rings. The van der Waals surface area contributed by atoms with E-state index in [-0.39, 0.29) is 18.8 Å². The minimum atomic E-state index is -0.826. The summed E-state index contributed by atoms with van der Waals surface area (Å²) < 4.78 is 25.6. The van der Waals surface area contributed by atoms with Crippen molar-refractivity contribution in [2.75, 3.05) is 12.3 Å².